The molecule has 0 fully saturated rings. The summed E-state index contributed by atoms with van der Waals surface area (Å²) in [6, 6.07) is 6.75. The van der Waals surface area contributed by atoms with Crippen LogP contribution in [-0.4, -0.2) is 22.7 Å². The molecule has 1 atom stereocenters. The van der Waals surface area contributed by atoms with E-state index in [-0.39, 0.29) is 11.8 Å². The Hall–Kier alpha value is -1.95. The van der Waals surface area contributed by atoms with E-state index in [4.69, 9.17) is 0 Å². The van der Waals surface area contributed by atoms with Crippen molar-refractivity contribution in [1.29, 1.82) is 0 Å². The van der Waals surface area contributed by atoms with E-state index >= 15 is 0 Å². The summed E-state index contributed by atoms with van der Waals surface area (Å²) in [5.41, 5.74) is 0.720. The molecule has 1 aromatic carbocycles. The highest BCUT2D eigenvalue weighted by Crippen LogP contribution is 2.26. The number of nitrogens with one attached hydrogen (secondary N) is 1. The number of benzene rings is 1. The van der Waals surface area contributed by atoms with Crippen LogP contribution in [-0.2, 0) is 13.5 Å². The Bertz CT molecular complexity index is 572. The number of nitrogens with zero attached hydrogens (tertiary/aromatic N) is 2. The van der Waals surface area contributed by atoms with Gasteiger partial charge in [0.05, 0.1) is 0 Å². The van der Waals surface area contributed by atoms with Crippen LogP contribution in [0.25, 0.3) is 0 Å². The van der Waals surface area contributed by atoms with E-state index in [2.05, 4.69) is 15.0 Å². The summed E-state index contributed by atoms with van der Waals surface area (Å²) in [6.45, 7) is -0.188. The normalized spacial score (nSPS) is 12.6. The lowest BCUT2D eigenvalue weighted by Crippen LogP contribution is -2.23. The molecule has 0 saturated carbocycles. The smallest absolute Gasteiger partial charge is 0.387 e. The van der Waals surface area contributed by atoms with Crippen LogP contribution in [0.3, 0.4) is 0 Å². The molecule has 4 nitrogen and oxygen atoms in total. The van der Waals surface area contributed by atoms with Crippen LogP contribution < -0.4 is 10.1 Å². The second-order valence-electron chi connectivity index (χ2n) is 4.80. The Morgan fingerprint density at radius 3 is 2.76 bits per heavy atom. The first-order valence-electron chi connectivity index (χ1n) is 6.81. The van der Waals surface area contributed by atoms with E-state index in [0.717, 1.165) is 17.8 Å². The summed E-state index contributed by atoms with van der Waals surface area (Å²) in [5, 5.41) is 3.30. The first-order chi connectivity index (χ1) is 10.1. The van der Waals surface area contributed by atoms with Gasteiger partial charge < -0.3 is 14.6 Å². The highest BCUT2D eigenvalue weighted by molar-refractivity contribution is 5.35. The topological polar surface area (TPSA) is 39.1 Å². The average Bonchev–Trinajstić information content (AvgIpc) is 2.84. The number of hydrogen-bond donors (Lipinski definition) is 1. The minimum absolute atomic E-state index is 0.0831. The van der Waals surface area contributed by atoms with Gasteiger partial charge in [-0.1, -0.05) is 18.2 Å². The molecule has 21 heavy (non-hydrogen) atoms. The first kappa shape index (κ1) is 15.4. The van der Waals surface area contributed by atoms with Crippen molar-refractivity contribution in [1.82, 2.24) is 14.9 Å². The predicted molar refractivity (Wildman–Crippen MR) is 76.4 cm³/mol. The second-order valence-corrected chi connectivity index (χ2v) is 4.80. The summed E-state index contributed by atoms with van der Waals surface area (Å²) < 4.78 is 31.3. The molecule has 2 rings (SSSR count). The van der Waals surface area contributed by atoms with Gasteiger partial charge in [0.15, 0.2) is 0 Å². The van der Waals surface area contributed by atoms with Gasteiger partial charge in [-0.05, 0) is 13.0 Å². The maximum Gasteiger partial charge on any atom is 0.387 e. The number of imidazole rings is 1. The fraction of sp³-hybridized carbons (Fsp3) is 0.400. The monoisotopic (exact) mass is 295 g/mol. The third-order valence-electron chi connectivity index (χ3n) is 3.32. The Balaban J connectivity index is 1.94. The van der Waals surface area contributed by atoms with Crippen molar-refractivity contribution in [2.75, 3.05) is 6.54 Å². The number of halogens is 2. The van der Waals surface area contributed by atoms with Crippen molar-refractivity contribution in [3.63, 3.8) is 0 Å². The summed E-state index contributed by atoms with van der Waals surface area (Å²) in [6.07, 6.45) is 4.42. The van der Waals surface area contributed by atoms with E-state index in [0.29, 0.717) is 6.54 Å². The number of hydrogen-bond acceptors (Lipinski definition) is 3. The Labute approximate surface area is 122 Å². The van der Waals surface area contributed by atoms with Crippen LogP contribution in [0.5, 0.6) is 5.75 Å². The molecule has 0 saturated heterocycles. The predicted octanol–water partition coefficient (Wildman–Crippen LogP) is 2.91. The standard InChI is InChI=1S/C15H19F2N3O/c1-11(18-8-7-14-19-9-10-20(14)2)12-5-3-4-6-13(12)21-15(16)17/h3-6,9-11,15,18H,7-8H2,1-2H3. The van der Waals surface area contributed by atoms with Gasteiger partial charge in [-0.2, -0.15) is 8.78 Å². The van der Waals surface area contributed by atoms with Crippen molar-refractivity contribution in [3.8, 4) is 5.75 Å². The first-order valence-corrected chi connectivity index (χ1v) is 6.81. The lowest BCUT2D eigenvalue weighted by molar-refractivity contribution is -0.0506. The van der Waals surface area contributed by atoms with Crippen LogP contribution in [0, 0.1) is 0 Å². The zero-order valence-electron chi connectivity index (χ0n) is 12.1. The Morgan fingerprint density at radius 2 is 2.10 bits per heavy atom. The lowest BCUT2D eigenvalue weighted by atomic mass is 10.1. The molecule has 0 spiro atoms. The molecule has 0 bridgehead atoms. The molecule has 1 N–H and O–H groups in total. The molecule has 6 heteroatoms. The highest BCUT2D eigenvalue weighted by atomic mass is 19.3. The van der Waals surface area contributed by atoms with Gasteiger partial charge in [-0.25, -0.2) is 4.98 Å². The van der Waals surface area contributed by atoms with Gasteiger partial charge in [-0.3, -0.25) is 0 Å². The average molecular weight is 295 g/mol. The molecule has 0 aliphatic heterocycles. The van der Waals surface area contributed by atoms with Crippen molar-refractivity contribution >= 4 is 0 Å². The van der Waals surface area contributed by atoms with E-state index in [1.54, 1.807) is 24.4 Å². The third-order valence-corrected chi connectivity index (χ3v) is 3.32. The fourth-order valence-electron chi connectivity index (χ4n) is 2.19. The number of ether oxygens (including phenoxy) is 1. The van der Waals surface area contributed by atoms with E-state index in [1.807, 2.05) is 30.8 Å². The van der Waals surface area contributed by atoms with Gasteiger partial charge >= 0.3 is 6.61 Å². The van der Waals surface area contributed by atoms with Crippen LogP contribution in [0.2, 0.25) is 0 Å². The quantitative estimate of drug-likeness (QED) is 0.853. The zero-order chi connectivity index (χ0) is 15.2. The van der Waals surface area contributed by atoms with Gasteiger partial charge in [0, 0.05) is 44.0 Å². The number of aryl methyl sites for hydroxylation is 1. The fourth-order valence-corrected chi connectivity index (χ4v) is 2.19. The molecule has 114 valence electrons. The number of para-hydroxylation sites is 1. The minimum atomic E-state index is -2.81. The van der Waals surface area contributed by atoms with Crippen molar-refractivity contribution in [3.05, 3.63) is 48.0 Å². The van der Waals surface area contributed by atoms with Gasteiger partial charge in [0.1, 0.15) is 11.6 Å². The summed E-state index contributed by atoms with van der Waals surface area (Å²) >= 11 is 0. The summed E-state index contributed by atoms with van der Waals surface area (Å²) in [4.78, 5) is 4.24. The van der Waals surface area contributed by atoms with Crippen LogP contribution in [0.15, 0.2) is 36.7 Å². The summed E-state index contributed by atoms with van der Waals surface area (Å²) in [5.74, 6) is 1.19. The van der Waals surface area contributed by atoms with E-state index in [1.165, 1.54) is 0 Å². The lowest BCUT2D eigenvalue weighted by Gasteiger charge is -2.18. The molecule has 0 aliphatic rings. The van der Waals surface area contributed by atoms with E-state index in [9.17, 15) is 8.78 Å². The molecule has 1 heterocycles. The van der Waals surface area contributed by atoms with Crippen molar-refractivity contribution in [2.24, 2.45) is 7.05 Å². The Kier molecular flexibility index (Phi) is 5.27. The molecule has 0 amide bonds. The molecular formula is C15H19F2N3O. The molecule has 2 aromatic rings. The number of rotatable bonds is 7. The third kappa shape index (κ3) is 4.26. The molecule has 1 unspecified atom stereocenters. The van der Waals surface area contributed by atoms with Gasteiger partial charge in [0.2, 0.25) is 0 Å². The molecule has 0 aliphatic carbocycles. The number of alkyl halides is 2. The maximum absolute atomic E-state index is 12.4. The minimum Gasteiger partial charge on any atom is -0.434 e. The second kappa shape index (κ2) is 7.17. The molecule has 1 aromatic heterocycles. The van der Waals surface area contributed by atoms with Crippen LogP contribution >= 0.6 is 0 Å². The maximum atomic E-state index is 12.4. The van der Waals surface area contributed by atoms with Crippen molar-refractivity contribution in [2.45, 2.75) is 26.0 Å². The van der Waals surface area contributed by atoms with Gasteiger partial charge in [0.25, 0.3) is 0 Å². The SMILES string of the molecule is CC(NCCc1nccn1C)c1ccccc1OC(F)F. The van der Waals surface area contributed by atoms with Crippen LogP contribution in [0.1, 0.15) is 24.4 Å². The van der Waals surface area contributed by atoms with E-state index < -0.39 is 6.61 Å². The van der Waals surface area contributed by atoms with Crippen LogP contribution in [0.4, 0.5) is 8.78 Å². The van der Waals surface area contributed by atoms with Crippen molar-refractivity contribution < 1.29 is 13.5 Å². The summed E-state index contributed by atoms with van der Waals surface area (Å²) in [7, 11) is 1.94. The van der Waals surface area contributed by atoms with Gasteiger partial charge in [-0.15, -0.1) is 0 Å². The largest absolute Gasteiger partial charge is 0.434 e. The number of aromatic nitrogens is 2. The highest BCUT2D eigenvalue weighted by Gasteiger charge is 2.14. The Morgan fingerprint density at radius 1 is 1.33 bits per heavy atom. The molecule has 0 radical (unpaired) electrons. The zero-order valence-corrected chi connectivity index (χ0v) is 12.1. The molecular weight excluding hydrogens is 276 g/mol.